The zero-order valence-corrected chi connectivity index (χ0v) is 17.0. The number of hydrogen-bond acceptors (Lipinski definition) is 3. The Hall–Kier alpha value is -3.40. The van der Waals surface area contributed by atoms with Crippen LogP contribution in [-0.4, -0.2) is 16.3 Å². The van der Waals surface area contributed by atoms with Crippen LogP contribution in [0.15, 0.2) is 66.7 Å². The van der Waals surface area contributed by atoms with Crippen LogP contribution >= 0.6 is 0 Å². The van der Waals surface area contributed by atoms with Crippen molar-refractivity contribution in [3.05, 3.63) is 89.1 Å². The fraction of sp³-hybridized carbons (Fsp3) is 0.200. The van der Waals surface area contributed by atoms with Gasteiger partial charge in [-0.3, -0.25) is 0 Å². The van der Waals surface area contributed by atoms with E-state index in [1.54, 1.807) is 6.07 Å². The second-order valence-electron chi connectivity index (χ2n) is 7.36. The number of phenols is 1. The number of aryl methyl sites for hydroxylation is 2. The monoisotopic (exact) mass is 386 g/mol. The topological polar surface area (TPSA) is 60.4 Å². The first kappa shape index (κ1) is 18.9. The lowest BCUT2D eigenvalue weighted by molar-refractivity contribution is 0.317. The van der Waals surface area contributed by atoms with Gasteiger partial charge in [0, 0.05) is 16.8 Å². The SMILES string of the molecule is CCOc1cc(C(c2ccccc2)n2c(C)cc3c(N)ccc(C)c32)ccc1O. The van der Waals surface area contributed by atoms with Crippen LogP contribution in [0.3, 0.4) is 0 Å². The van der Waals surface area contributed by atoms with Gasteiger partial charge in [-0.1, -0.05) is 42.5 Å². The summed E-state index contributed by atoms with van der Waals surface area (Å²) in [6.07, 6.45) is 0. The third kappa shape index (κ3) is 3.31. The van der Waals surface area contributed by atoms with E-state index in [0.717, 1.165) is 33.4 Å². The summed E-state index contributed by atoms with van der Waals surface area (Å²) in [6, 6.07) is 22.1. The number of fused-ring (bicyclic) bond motifs is 1. The molecule has 0 aliphatic carbocycles. The lowest BCUT2D eigenvalue weighted by atomic mass is 9.97. The van der Waals surface area contributed by atoms with Gasteiger partial charge in [0.25, 0.3) is 0 Å². The van der Waals surface area contributed by atoms with Crippen molar-refractivity contribution in [3.8, 4) is 11.5 Å². The summed E-state index contributed by atoms with van der Waals surface area (Å²) in [5.74, 6) is 0.646. The normalized spacial score (nSPS) is 12.2. The van der Waals surface area contributed by atoms with Gasteiger partial charge in [-0.25, -0.2) is 0 Å². The molecular weight excluding hydrogens is 360 g/mol. The van der Waals surface area contributed by atoms with Crippen LogP contribution in [0.2, 0.25) is 0 Å². The summed E-state index contributed by atoms with van der Waals surface area (Å²) in [6.45, 7) is 6.63. The van der Waals surface area contributed by atoms with Crippen LogP contribution in [0.4, 0.5) is 5.69 Å². The van der Waals surface area contributed by atoms with Crippen LogP contribution in [0, 0.1) is 13.8 Å². The van der Waals surface area contributed by atoms with E-state index < -0.39 is 0 Å². The van der Waals surface area contributed by atoms with E-state index in [9.17, 15) is 5.11 Å². The molecule has 1 heterocycles. The molecule has 148 valence electrons. The summed E-state index contributed by atoms with van der Waals surface area (Å²) < 4.78 is 7.99. The number of hydrogen-bond donors (Lipinski definition) is 2. The van der Waals surface area contributed by atoms with Crippen LogP contribution in [0.1, 0.15) is 35.3 Å². The lowest BCUT2D eigenvalue weighted by Crippen LogP contribution is -2.14. The molecule has 4 rings (SSSR count). The van der Waals surface area contributed by atoms with E-state index in [1.165, 1.54) is 5.56 Å². The molecular formula is C25H26N2O2. The summed E-state index contributed by atoms with van der Waals surface area (Å²) in [4.78, 5) is 0. The molecule has 0 bridgehead atoms. The third-order valence-electron chi connectivity index (χ3n) is 5.40. The first-order valence-corrected chi connectivity index (χ1v) is 9.88. The molecule has 1 atom stereocenters. The number of anilines is 1. The predicted molar refractivity (Wildman–Crippen MR) is 119 cm³/mol. The van der Waals surface area contributed by atoms with Crippen molar-refractivity contribution >= 4 is 16.6 Å². The Morgan fingerprint density at radius 3 is 2.45 bits per heavy atom. The number of rotatable bonds is 5. The number of aromatic nitrogens is 1. The van der Waals surface area contributed by atoms with Crippen LogP contribution < -0.4 is 10.5 Å². The molecule has 4 aromatic rings. The lowest BCUT2D eigenvalue weighted by Gasteiger charge is -2.25. The van der Waals surface area contributed by atoms with Crippen LogP contribution in [-0.2, 0) is 0 Å². The number of nitrogens with zero attached hydrogens (tertiary/aromatic N) is 1. The van der Waals surface area contributed by atoms with Gasteiger partial charge in [-0.05, 0) is 61.7 Å². The summed E-state index contributed by atoms with van der Waals surface area (Å²) in [5, 5.41) is 11.3. The van der Waals surface area contributed by atoms with Crippen molar-refractivity contribution in [1.82, 2.24) is 4.57 Å². The average Bonchev–Trinajstić information content (AvgIpc) is 3.07. The predicted octanol–water partition coefficient (Wildman–Crippen LogP) is 5.58. The molecule has 4 heteroatoms. The maximum absolute atomic E-state index is 10.2. The Labute approximate surface area is 171 Å². The van der Waals surface area contributed by atoms with Crippen molar-refractivity contribution in [2.24, 2.45) is 0 Å². The minimum absolute atomic E-state index is 0.0750. The van der Waals surface area contributed by atoms with Gasteiger partial charge < -0.3 is 20.1 Å². The largest absolute Gasteiger partial charge is 0.504 e. The van der Waals surface area contributed by atoms with Gasteiger partial charge in [0.1, 0.15) is 0 Å². The van der Waals surface area contributed by atoms with Gasteiger partial charge in [-0.15, -0.1) is 0 Å². The highest BCUT2D eigenvalue weighted by molar-refractivity contribution is 5.94. The number of ether oxygens (including phenoxy) is 1. The summed E-state index contributed by atoms with van der Waals surface area (Å²) >= 11 is 0. The first-order chi connectivity index (χ1) is 14.0. The molecule has 0 spiro atoms. The van der Waals surface area contributed by atoms with Gasteiger partial charge in [0.15, 0.2) is 11.5 Å². The Bertz CT molecular complexity index is 1160. The Morgan fingerprint density at radius 2 is 1.72 bits per heavy atom. The van der Waals surface area contributed by atoms with Crippen molar-refractivity contribution in [1.29, 1.82) is 0 Å². The van der Waals surface area contributed by atoms with Gasteiger partial charge >= 0.3 is 0 Å². The molecule has 0 saturated heterocycles. The van der Waals surface area contributed by atoms with E-state index >= 15 is 0 Å². The van der Waals surface area contributed by atoms with E-state index in [1.807, 2.05) is 31.2 Å². The molecule has 0 saturated carbocycles. The molecule has 0 aliphatic heterocycles. The highest BCUT2D eigenvalue weighted by atomic mass is 16.5. The number of aromatic hydroxyl groups is 1. The standard InChI is InChI=1S/C25H26N2O2/c1-4-29-23-15-19(11-13-22(23)28)25(18-8-6-5-7-9-18)27-17(3)14-20-21(26)12-10-16(2)24(20)27/h5-15,25,28H,4,26H2,1-3H3. The molecule has 3 N–H and O–H groups in total. The van der Waals surface area contributed by atoms with E-state index in [0.29, 0.717) is 12.4 Å². The van der Waals surface area contributed by atoms with Crippen molar-refractivity contribution in [2.75, 3.05) is 12.3 Å². The third-order valence-corrected chi connectivity index (χ3v) is 5.40. The second-order valence-corrected chi connectivity index (χ2v) is 7.36. The molecule has 0 amide bonds. The fourth-order valence-electron chi connectivity index (χ4n) is 4.09. The summed E-state index contributed by atoms with van der Waals surface area (Å²) in [7, 11) is 0. The zero-order valence-electron chi connectivity index (χ0n) is 17.0. The molecule has 4 nitrogen and oxygen atoms in total. The zero-order chi connectivity index (χ0) is 20.5. The number of nitrogen functional groups attached to an aromatic ring is 1. The van der Waals surface area contributed by atoms with E-state index in [2.05, 4.69) is 54.8 Å². The Kier molecular flexibility index (Phi) is 4.93. The molecule has 0 radical (unpaired) electrons. The van der Waals surface area contributed by atoms with Crippen molar-refractivity contribution < 1.29 is 9.84 Å². The maximum Gasteiger partial charge on any atom is 0.161 e. The number of nitrogens with two attached hydrogens (primary N) is 1. The van der Waals surface area contributed by atoms with E-state index in [-0.39, 0.29) is 11.8 Å². The first-order valence-electron chi connectivity index (χ1n) is 9.88. The van der Waals surface area contributed by atoms with Crippen LogP contribution in [0.25, 0.3) is 10.9 Å². The molecule has 0 fully saturated rings. The molecule has 0 aliphatic rings. The fourth-order valence-corrected chi connectivity index (χ4v) is 4.09. The average molecular weight is 386 g/mol. The molecule has 1 aromatic heterocycles. The van der Waals surface area contributed by atoms with Crippen molar-refractivity contribution in [2.45, 2.75) is 26.8 Å². The number of benzene rings is 3. The highest BCUT2D eigenvalue weighted by Gasteiger charge is 2.23. The summed E-state index contributed by atoms with van der Waals surface area (Å²) in [5.41, 5.74) is 12.7. The van der Waals surface area contributed by atoms with Crippen LogP contribution in [0.5, 0.6) is 11.5 Å². The van der Waals surface area contributed by atoms with Gasteiger partial charge in [-0.2, -0.15) is 0 Å². The maximum atomic E-state index is 10.2. The molecule has 1 unspecified atom stereocenters. The van der Waals surface area contributed by atoms with Gasteiger partial charge in [0.2, 0.25) is 0 Å². The molecule has 29 heavy (non-hydrogen) atoms. The minimum atomic E-state index is -0.0750. The number of phenolic OH excluding ortho intramolecular Hbond substituents is 1. The highest BCUT2D eigenvalue weighted by Crippen LogP contribution is 2.38. The van der Waals surface area contributed by atoms with Gasteiger partial charge in [0.05, 0.1) is 18.2 Å². The Morgan fingerprint density at radius 1 is 0.966 bits per heavy atom. The smallest absolute Gasteiger partial charge is 0.161 e. The Balaban J connectivity index is 2.02. The van der Waals surface area contributed by atoms with E-state index in [4.69, 9.17) is 10.5 Å². The minimum Gasteiger partial charge on any atom is -0.504 e. The quantitative estimate of drug-likeness (QED) is 0.440. The molecule has 3 aromatic carbocycles. The second kappa shape index (κ2) is 7.55. The van der Waals surface area contributed by atoms with Crippen molar-refractivity contribution in [3.63, 3.8) is 0 Å².